The SMILES string of the molecule is c1ccc(-c2nc(-c3ccccc3)nc(-n3c4cc5ccccc5cc4c4cc5ccccc5cc43)n2)cc1. The molecule has 0 fully saturated rings. The fourth-order valence-corrected chi connectivity index (χ4v) is 5.50. The quantitative estimate of drug-likeness (QED) is 0.245. The largest absolute Gasteiger partial charge is 0.278 e. The molecule has 4 nitrogen and oxygen atoms in total. The van der Waals surface area contributed by atoms with Crippen molar-refractivity contribution in [1.29, 1.82) is 0 Å². The summed E-state index contributed by atoms with van der Waals surface area (Å²) in [6.07, 6.45) is 0. The fraction of sp³-hybridized carbons (Fsp3) is 0. The van der Waals surface area contributed by atoms with Crippen LogP contribution in [0.3, 0.4) is 0 Å². The summed E-state index contributed by atoms with van der Waals surface area (Å²) < 4.78 is 2.20. The monoisotopic (exact) mass is 498 g/mol. The Hall–Kier alpha value is -5.35. The first-order chi connectivity index (χ1) is 19.3. The van der Waals surface area contributed by atoms with E-state index in [0.29, 0.717) is 17.6 Å². The van der Waals surface area contributed by atoms with E-state index in [-0.39, 0.29) is 0 Å². The minimum Gasteiger partial charge on any atom is -0.278 e. The van der Waals surface area contributed by atoms with E-state index in [9.17, 15) is 0 Å². The summed E-state index contributed by atoms with van der Waals surface area (Å²) in [7, 11) is 0. The summed E-state index contributed by atoms with van der Waals surface area (Å²) in [5.74, 6) is 1.90. The predicted octanol–water partition coefficient (Wildman–Crippen LogP) is 8.61. The number of rotatable bonds is 3. The highest BCUT2D eigenvalue weighted by Gasteiger charge is 2.19. The van der Waals surface area contributed by atoms with Crippen LogP contribution >= 0.6 is 0 Å². The van der Waals surface area contributed by atoms with Crippen LogP contribution in [0.15, 0.2) is 133 Å². The van der Waals surface area contributed by atoms with Crippen LogP contribution in [0.25, 0.3) is 72.1 Å². The maximum absolute atomic E-state index is 5.07. The highest BCUT2D eigenvalue weighted by Crippen LogP contribution is 2.37. The third-order valence-corrected chi connectivity index (χ3v) is 7.39. The van der Waals surface area contributed by atoms with Gasteiger partial charge in [-0.15, -0.1) is 0 Å². The second-order valence-corrected chi connectivity index (χ2v) is 9.78. The third-order valence-electron chi connectivity index (χ3n) is 7.39. The standard InChI is InChI=1S/C35H22N4/c1-3-11-23(12-4-1)33-36-34(24-13-5-2-6-14-24)38-35(37-33)39-31-21-27-17-9-7-15-25(27)19-29(31)30-20-26-16-8-10-18-28(26)22-32(30)39/h1-22H. The van der Waals surface area contributed by atoms with Gasteiger partial charge in [0, 0.05) is 21.9 Å². The summed E-state index contributed by atoms with van der Waals surface area (Å²) in [4.78, 5) is 15.1. The summed E-state index contributed by atoms with van der Waals surface area (Å²) in [5.41, 5.74) is 4.05. The molecule has 0 aliphatic rings. The van der Waals surface area contributed by atoms with Gasteiger partial charge in [-0.2, -0.15) is 9.97 Å². The van der Waals surface area contributed by atoms with Gasteiger partial charge in [0.25, 0.3) is 0 Å². The van der Waals surface area contributed by atoms with Crippen LogP contribution in [0.4, 0.5) is 0 Å². The minimum absolute atomic E-state index is 0.605. The van der Waals surface area contributed by atoms with Gasteiger partial charge in [-0.05, 0) is 45.8 Å². The summed E-state index contributed by atoms with van der Waals surface area (Å²) >= 11 is 0. The molecule has 0 atom stereocenters. The van der Waals surface area contributed by atoms with Gasteiger partial charge in [0.2, 0.25) is 5.95 Å². The molecule has 39 heavy (non-hydrogen) atoms. The molecule has 0 saturated carbocycles. The lowest BCUT2D eigenvalue weighted by atomic mass is 10.0. The van der Waals surface area contributed by atoms with Crippen molar-refractivity contribution in [3.8, 4) is 28.7 Å². The van der Waals surface area contributed by atoms with Crippen molar-refractivity contribution < 1.29 is 0 Å². The number of benzene rings is 6. The maximum atomic E-state index is 5.07. The lowest BCUT2D eigenvalue weighted by Gasteiger charge is -2.11. The van der Waals surface area contributed by atoms with Crippen molar-refractivity contribution in [1.82, 2.24) is 19.5 Å². The second-order valence-electron chi connectivity index (χ2n) is 9.78. The molecule has 0 aliphatic carbocycles. The van der Waals surface area contributed by atoms with Gasteiger partial charge >= 0.3 is 0 Å². The number of aromatic nitrogens is 4. The van der Waals surface area contributed by atoms with Crippen molar-refractivity contribution in [2.45, 2.75) is 0 Å². The first-order valence-electron chi connectivity index (χ1n) is 13.0. The van der Waals surface area contributed by atoms with Gasteiger partial charge in [0.1, 0.15) is 0 Å². The van der Waals surface area contributed by atoms with E-state index < -0.39 is 0 Å². The molecular weight excluding hydrogens is 476 g/mol. The van der Waals surface area contributed by atoms with Crippen LogP contribution in [0.2, 0.25) is 0 Å². The Morgan fingerprint density at radius 1 is 0.385 bits per heavy atom. The van der Waals surface area contributed by atoms with Gasteiger partial charge in [-0.1, -0.05) is 109 Å². The van der Waals surface area contributed by atoms with E-state index in [1.807, 2.05) is 60.7 Å². The van der Waals surface area contributed by atoms with E-state index in [1.54, 1.807) is 0 Å². The fourth-order valence-electron chi connectivity index (χ4n) is 5.50. The van der Waals surface area contributed by atoms with Gasteiger partial charge in [0.05, 0.1) is 11.0 Å². The summed E-state index contributed by atoms with van der Waals surface area (Å²) in [6, 6.07) is 46.3. The van der Waals surface area contributed by atoms with E-state index >= 15 is 0 Å². The number of hydrogen-bond acceptors (Lipinski definition) is 3. The Morgan fingerprint density at radius 3 is 1.21 bits per heavy atom. The summed E-state index contributed by atoms with van der Waals surface area (Å²) in [5, 5.41) is 7.14. The van der Waals surface area contributed by atoms with Gasteiger partial charge in [0.15, 0.2) is 11.6 Å². The molecule has 0 bridgehead atoms. The van der Waals surface area contributed by atoms with Crippen LogP contribution in [0.1, 0.15) is 0 Å². The van der Waals surface area contributed by atoms with E-state index in [0.717, 1.165) is 22.2 Å². The molecule has 182 valence electrons. The minimum atomic E-state index is 0.605. The molecule has 4 heteroatoms. The lowest BCUT2D eigenvalue weighted by Crippen LogP contribution is -2.06. The molecule has 2 aromatic heterocycles. The Balaban J connectivity index is 1.52. The van der Waals surface area contributed by atoms with Crippen LogP contribution in [0, 0.1) is 0 Å². The first kappa shape index (κ1) is 21.7. The van der Waals surface area contributed by atoms with Crippen molar-refractivity contribution in [2.24, 2.45) is 0 Å². The average Bonchev–Trinajstić information content (AvgIpc) is 3.31. The zero-order valence-electron chi connectivity index (χ0n) is 21.0. The highest BCUT2D eigenvalue weighted by atomic mass is 15.2. The van der Waals surface area contributed by atoms with E-state index in [1.165, 1.54) is 32.3 Å². The molecule has 2 heterocycles. The van der Waals surface area contributed by atoms with Crippen molar-refractivity contribution in [2.75, 3.05) is 0 Å². The molecule has 0 amide bonds. The van der Waals surface area contributed by atoms with E-state index in [2.05, 4.69) is 77.4 Å². The molecule has 8 rings (SSSR count). The molecule has 0 aliphatic heterocycles. The lowest BCUT2D eigenvalue weighted by molar-refractivity contribution is 0.954. The zero-order valence-corrected chi connectivity index (χ0v) is 21.0. The van der Waals surface area contributed by atoms with Gasteiger partial charge in [-0.25, -0.2) is 4.98 Å². The van der Waals surface area contributed by atoms with E-state index in [4.69, 9.17) is 15.0 Å². The highest BCUT2D eigenvalue weighted by molar-refractivity contribution is 6.16. The molecular formula is C35H22N4. The smallest absolute Gasteiger partial charge is 0.238 e. The third kappa shape index (κ3) is 3.57. The zero-order chi connectivity index (χ0) is 25.8. The molecule has 0 spiro atoms. The molecule has 0 N–H and O–H groups in total. The molecule has 0 radical (unpaired) electrons. The molecule has 6 aromatic carbocycles. The Labute approximate surface area is 224 Å². The predicted molar refractivity (Wildman–Crippen MR) is 160 cm³/mol. The van der Waals surface area contributed by atoms with Crippen LogP contribution in [0.5, 0.6) is 0 Å². The number of nitrogens with zero attached hydrogens (tertiary/aromatic N) is 4. The number of hydrogen-bond donors (Lipinski definition) is 0. The normalized spacial score (nSPS) is 11.6. The molecule has 0 unspecified atom stereocenters. The molecule has 0 saturated heterocycles. The molecule has 8 aromatic rings. The Bertz CT molecular complexity index is 2010. The number of fused-ring (bicyclic) bond motifs is 5. The van der Waals surface area contributed by atoms with Gasteiger partial charge in [-0.3, -0.25) is 4.57 Å². The van der Waals surface area contributed by atoms with Crippen molar-refractivity contribution >= 4 is 43.4 Å². The summed E-state index contributed by atoms with van der Waals surface area (Å²) in [6.45, 7) is 0. The maximum Gasteiger partial charge on any atom is 0.238 e. The van der Waals surface area contributed by atoms with Gasteiger partial charge < -0.3 is 0 Å². The van der Waals surface area contributed by atoms with Crippen LogP contribution in [-0.4, -0.2) is 19.5 Å². The van der Waals surface area contributed by atoms with Crippen molar-refractivity contribution in [3.05, 3.63) is 133 Å². The topological polar surface area (TPSA) is 43.6 Å². The van der Waals surface area contributed by atoms with Crippen LogP contribution < -0.4 is 0 Å². The Morgan fingerprint density at radius 2 is 0.769 bits per heavy atom. The van der Waals surface area contributed by atoms with Crippen LogP contribution in [-0.2, 0) is 0 Å². The van der Waals surface area contributed by atoms with Crippen molar-refractivity contribution in [3.63, 3.8) is 0 Å². The average molecular weight is 499 g/mol. The first-order valence-corrected chi connectivity index (χ1v) is 13.0. The second kappa shape index (κ2) is 8.61. The Kier molecular flexibility index (Phi) is 4.79.